The molecule has 19 heavy (non-hydrogen) atoms. The fourth-order valence-electron chi connectivity index (χ4n) is 2.93. The average molecular weight is 264 g/mol. The van der Waals surface area contributed by atoms with E-state index in [0.717, 1.165) is 12.1 Å². The first-order chi connectivity index (χ1) is 9.17. The van der Waals surface area contributed by atoms with Crippen LogP contribution in [0.2, 0.25) is 0 Å². The fraction of sp³-hybridized carbons (Fsp3) is 0.600. The first-order valence-electron chi connectivity index (χ1n) is 7.00. The summed E-state index contributed by atoms with van der Waals surface area (Å²) in [5, 5.41) is 9.67. The van der Waals surface area contributed by atoms with E-state index in [-0.39, 0.29) is 5.75 Å². The Balaban J connectivity index is 2.20. The molecular weight excluding hydrogens is 240 g/mol. The van der Waals surface area contributed by atoms with Crippen molar-refractivity contribution in [2.75, 3.05) is 20.2 Å². The summed E-state index contributed by atoms with van der Waals surface area (Å²) in [6, 6.07) is 6.34. The van der Waals surface area contributed by atoms with Crippen molar-refractivity contribution < 1.29 is 9.84 Å². The second-order valence-corrected chi connectivity index (χ2v) is 5.23. The van der Waals surface area contributed by atoms with Crippen LogP contribution in [0.3, 0.4) is 0 Å². The second-order valence-electron chi connectivity index (χ2n) is 5.23. The van der Waals surface area contributed by atoms with Crippen molar-refractivity contribution in [1.29, 1.82) is 0 Å². The third-order valence-electron chi connectivity index (χ3n) is 4.13. The Morgan fingerprint density at radius 3 is 2.95 bits per heavy atom. The van der Waals surface area contributed by atoms with Gasteiger partial charge in [0.15, 0.2) is 11.5 Å². The number of methoxy groups -OCH3 is 1. The molecule has 2 rings (SSSR count). The molecule has 0 saturated carbocycles. The number of piperidine rings is 1. The van der Waals surface area contributed by atoms with Crippen molar-refractivity contribution >= 4 is 0 Å². The number of hydrogen-bond acceptors (Lipinski definition) is 4. The number of phenolic OH excluding ortho intramolecular Hbond substituents is 1. The zero-order valence-electron chi connectivity index (χ0n) is 11.8. The van der Waals surface area contributed by atoms with Crippen LogP contribution < -0.4 is 10.5 Å². The molecule has 0 radical (unpaired) electrons. The van der Waals surface area contributed by atoms with E-state index < -0.39 is 0 Å². The predicted octanol–water partition coefficient (Wildman–Crippen LogP) is 2.27. The minimum Gasteiger partial charge on any atom is -0.504 e. The van der Waals surface area contributed by atoms with Gasteiger partial charge < -0.3 is 15.6 Å². The highest BCUT2D eigenvalue weighted by Gasteiger charge is 2.26. The van der Waals surface area contributed by atoms with Crippen LogP contribution in [0.5, 0.6) is 11.5 Å². The van der Waals surface area contributed by atoms with Crippen molar-refractivity contribution in [3.8, 4) is 11.5 Å². The van der Waals surface area contributed by atoms with E-state index >= 15 is 0 Å². The molecule has 4 nitrogen and oxygen atoms in total. The zero-order valence-corrected chi connectivity index (χ0v) is 11.8. The molecule has 1 saturated heterocycles. The Hall–Kier alpha value is -1.26. The van der Waals surface area contributed by atoms with Crippen LogP contribution >= 0.6 is 0 Å². The number of hydrogen-bond donors (Lipinski definition) is 2. The lowest BCUT2D eigenvalue weighted by atomic mass is 9.97. The lowest BCUT2D eigenvalue weighted by molar-refractivity contribution is 0.108. The van der Waals surface area contributed by atoms with Gasteiger partial charge in [-0.2, -0.15) is 0 Å². The molecule has 1 fully saturated rings. The van der Waals surface area contributed by atoms with E-state index in [0.29, 0.717) is 24.4 Å². The Morgan fingerprint density at radius 2 is 2.26 bits per heavy atom. The maximum atomic E-state index is 9.67. The molecule has 4 heteroatoms. The molecular formula is C15H24N2O2. The topological polar surface area (TPSA) is 58.7 Å². The van der Waals surface area contributed by atoms with E-state index in [4.69, 9.17) is 10.5 Å². The summed E-state index contributed by atoms with van der Waals surface area (Å²) in [6.07, 6.45) is 3.68. The molecule has 0 amide bonds. The summed E-state index contributed by atoms with van der Waals surface area (Å²) in [5.74, 6) is 0.720. The van der Waals surface area contributed by atoms with Crippen molar-refractivity contribution in [3.05, 3.63) is 23.8 Å². The first kappa shape index (κ1) is 14.2. The van der Waals surface area contributed by atoms with Crippen LogP contribution in [0.25, 0.3) is 0 Å². The van der Waals surface area contributed by atoms with Gasteiger partial charge in [0.25, 0.3) is 0 Å². The number of nitrogens with two attached hydrogens (primary N) is 1. The molecule has 106 valence electrons. The lowest BCUT2D eigenvalue weighted by Gasteiger charge is -2.39. The zero-order chi connectivity index (χ0) is 13.8. The van der Waals surface area contributed by atoms with Gasteiger partial charge in [0, 0.05) is 18.6 Å². The summed E-state index contributed by atoms with van der Waals surface area (Å²) in [4.78, 5) is 2.47. The normalized spacial score (nSPS) is 22.2. The number of aromatic hydroxyl groups is 1. The van der Waals surface area contributed by atoms with Gasteiger partial charge in [-0.25, -0.2) is 0 Å². The minimum atomic E-state index is 0.187. The number of nitrogens with zero attached hydrogens (tertiary/aromatic N) is 1. The molecule has 0 spiro atoms. The maximum Gasteiger partial charge on any atom is 0.160 e. The third-order valence-corrected chi connectivity index (χ3v) is 4.13. The first-order valence-corrected chi connectivity index (χ1v) is 7.00. The summed E-state index contributed by atoms with van der Waals surface area (Å²) < 4.78 is 5.18. The quantitative estimate of drug-likeness (QED) is 0.876. The van der Waals surface area contributed by atoms with Crippen LogP contribution in [-0.4, -0.2) is 36.2 Å². The van der Waals surface area contributed by atoms with Gasteiger partial charge >= 0.3 is 0 Å². The molecule has 1 aromatic carbocycles. The Kier molecular flexibility index (Phi) is 4.66. The van der Waals surface area contributed by atoms with Crippen molar-refractivity contribution in [2.24, 2.45) is 5.73 Å². The van der Waals surface area contributed by atoms with E-state index in [9.17, 15) is 5.11 Å². The van der Waals surface area contributed by atoms with Crippen LogP contribution in [0, 0.1) is 0 Å². The number of likely N-dealkylation sites (tertiary alicyclic amines) is 1. The molecule has 3 N–H and O–H groups in total. The molecule has 0 aliphatic carbocycles. The van der Waals surface area contributed by atoms with Crippen LogP contribution in [-0.2, 0) is 0 Å². The number of phenols is 1. The Bertz CT molecular complexity index is 423. The Morgan fingerprint density at radius 1 is 1.47 bits per heavy atom. The van der Waals surface area contributed by atoms with E-state index in [2.05, 4.69) is 11.8 Å². The van der Waals surface area contributed by atoms with Crippen molar-refractivity contribution in [1.82, 2.24) is 4.90 Å². The highest BCUT2D eigenvalue weighted by molar-refractivity contribution is 5.42. The maximum absolute atomic E-state index is 9.67. The second kappa shape index (κ2) is 6.26. The molecule has 1 aliphatic rings. The molecule has 0 aromatic heterocycles. The van der Waals surface area contributed by atoms with Gasteiger partial charge in [0.05, 0.1) is 7.11 Å². The lowest BCUT2D eigenvalue weighted by Crippen LogP contribution is -2.45. The highest BCUT2D eigenvalue weighted by Crippen LogP contribution is 2.33. The van der Waals surface area contributed by atoms with Gasteiger partial charge in [-0.15, -0.1) is 0 Å². The van der Waals surface area contributed by atoms with Gasteiger partial charge in [0.1, 0.15) is 0 Å². The summed E-state index contributed by atoms with van der Waals surface area (Å²) >= 11 is 0. The van der Waals surface area contributed by atoms with Gasteiger partial charge in [-0.3, -0.25) is 4.90 Å². The van der Waals surface area contributed by atoms with Gasteiger partial charge in [0.2, 0.25) is 0 Å². The number of ether oxygens (including phenoxy) is 1. The average Bonchev–Trinajstić information content (AvgIpc) is 2.47. The molecule has 0 bridgehead atoms. The predicted molar refractivity (Wildman–Crippen MR) is 76.5 cm³/mol. The number of benzene rings is 1. The fourth-order valence-corrected chi connectivity index (χ4v) is 2.93. The SMILES string of the molecule is COc1cc(C(C)N2CCCCC2CN)ccc1O. The van der Waals surface area contributed by atoms with Crippen molar-refractivity contribution in [3.63, 3.8) is 0 Å². The van der Waals surface area contributed by atoms with E-state index in [1.807, 2.05) is 12.1 Å². The van der Waals surface area contributed by atoms with Gasteiger partial charge in [-0.05, 0) is 44.0 Å². The van der Waals surface area contributed by atoms with Crippen LogP contribution in [0.1, 0.15) is 37.8 Å². The largest absolute Gasteiger partial charge is 0.504 e. The standard InChI is InChI=1S/C15H24N2O2/c1-11(17-8-4-3-5-13(17)10-16)12-6-7-14(18)15(9-12)19-2/h6-7,9,11,13,18H,3-5,8,10,16H2,1-2H3. The minimum absolute atomic E-state index is 0.187. The summed E-state index contributed by atoms with van der Waals surface area (Å²) in [5.41, 5.74) is 7.05. The Labute approximate surface area is 115 Å². The summed E-state index contributed by atoms with van der Waals surface area (Å²) in [6.45, 7) is 3.99. The van der Waals surface area contributed by atoms with Crippen molar-refractivity contribution in [2.45, 2.75) is 38.3 Å². The van der Waals surface area contributed by atoms with E-state index in [1.165, 1.54) is 19.3 Å². The highest BCUT2D eigenvalue weighted by atomic mass is 16.5. The molecule has 1 heterocycles. The molecule has 1 aromatic rings. The van der Waals surface area contributed by atoms with Gasteiger partial charge in [-0.1, -0.05) is 12.5 Å². The monoisotopic (exact) mass is 264 g/mol. The third kappa shape index (κ3) is 3.01. The van der Waals surface area contributed by atoms with Crippen LogP contribution in [0.4, 0.5) is 0 Å². The molecule has 2 unspecified atom stereocenters. The molecule has 1 aliphatic heterocycles. The summed E-state index contributed by atoms with van der Waals surface area (Å²) in [7, 11) is 1.58. The van der Waals surface area contributed by atoms with Crippen LogP contribution in [0.15, 0.2) is 18.2 Å². The smallest absolute Gasteiger partial charge is 0.160 e. The van der Waals surface area contributed by atoms with E-state index in [1.54, 1.807) is 13.2 Å². The molecule has 2 atom stereocenters. The number of rotatable bonds is 4.